The minimum absolute atomic E-state index is 0.242. The number of nitrogens with zero attached hydrogens (tertiary/aromatic N) is 2. The first-order valence-electron chi connectivity index (χ1n) is 4.17. The van der Waals surface area contributed by atoms with Gasteiger partial charge in [-0.3, -0.25) is 0 Å². The molecule has 0 unspecified atom stereocenters. The van der Waals surface area contributed by atoms with E-state index >= 15 is 0 Å². The van der Waals surface area contributed by atoms with Crippen LogP contribution in [0, 0.1) is 13.8 Å². The van der Waals surface area contributed by atoms with Crippen LogP contribution in [0.3, 0.4) is 0 Å². The Morgan fingerprint density at radius 3 is 2.40 bits per heavy atom. The number of halogens is 4. The summed E-state index contributed by atoms with van der Waals surface area (Å²) in [4.78, 5) is 14.7. The van der Waals surface area contributed by atoms with Gasteiger partial charge in [-0.15, -0.1) is 0 Å². The van der Waals surface area contributed by atoms with Crippen LogP contribution in [0.15, 0.2) is 9.27 Å². The maximum atomic E-state index is 12.2. The summed E-state index contributed by atoms with van der Waals surface area (Å²) in [6.07, 6.45) is -1.25. The summed E-state index contributed by atoms with van der Waals surface area (Å²) in [5.41, 5.74) is -0.234. The van der Waals surface area contributed by atoms with E-state index in [1.165, 1.54) is 6.92 Å². The van der Waals surface area contributed by atoms with Gasteiger partial charge in [-0.25, -0.2) is 4.79 Å². The third-order valence-corrected chi connectivity index (χ3v) is 3.07. The number of rotatable bonds is 2. The van der Waals surface area contributed by atoms with Crippen LogP contribution in [0.1, 0.15) is 11.4 Å². The summed E-state index contributed by atoms with van der Waals surface area (Å²) in [5, 5.41) is 0. The largest absolute Gasteiger partial charge is 0.497 e. The van der Waals surface area contributed by atoms with Crippen molar-refractivity contribution in [2.24, 2.45) is 0 Å². The van der Waals surface area contributed by atoms with E-state index in [0.717, 1.165) is 0 Å². The Hall–Kier alpha value is -0.785. The van der Waals surface area contributed by atoms with Gasteiger partial charge in [0.05, 0.1) is 10.2 Å². The molecular formula is C7H8BBrF3N2O-. The molecule has 1 aromatic rings. The molecule has 15 heavy (non-hydrogen) atoms. The summed E-state index contributed by atoms with van der Waals surface area (Å²) in [6.45, 7) is -2.04. The molecule has 0 fully saturated rings. The van der Waals surface area contributed by atoms with Crippen LogP contribution in [0.25, 0.3) is 0 Å². The van der Waals surface area contributed by atoms with E-state index in [9.17, 15) is 17.7 Å². The number of hydrogen-bond acceptors (Lipinski definition) is 2. The lowest BCUT2D eigenvalue weighted by Gasteiger charge is -2.18. The highest BCUT2D eigenvalue weighted by Gasteiger charge is 2.25. The van der Waals surface area contributed by atoms with Crippen molar-refractivity contribution in [3.8, 4) is 0 Å². The maximum Gasteiger partial charge on any atom is 0.497 e. The van der Waals surface area contributed by atoms with Crippen molar-refractivity contribution < 1.29 is 12.9 Å². The van der Waals surface area contributed by atoms with Crippen LogP contribution >= 0.6 is 15.9 Å². The zero-order chi connectivity index (χ0) is 11.8. The summed E-state index contributed by atoms with van der Waals surface area (Å²) >= 11 is 3.09. The minimum Gasteiger partial charge on any atom is -0.448 e. The summed E-state index contributed by atoms with van der Waals surface area (Å²) < 4.78 is 37.6. The van der Waals surface area contributed by atoms with Gasteiger partial charge < -0.3 is 17.5 Å². The van der Waals surface area contributed by atoms with E-state index in [4.69, 9.17) is 0 Å². The summed E-state index contributed by atoms with van der Waals surface area (Å²) in [6, 6.07) is 0. The minimum atomic E-state index is -5.04. The van der Waals surface area contributed by atoms with Crippen molar-refractivity contribution in [1.82, 2.24) is 9.55 Å². The van der Waals surface area contributed by atoms with Crippen molar-refractivity contribution >= 4 is 22.9 Å². The molecule has 0 atom stereocenters. The molecule has 0 aliphatic rings. The third kappa shape index (κ3) is 2.83. The number of aryl methyl sites for hydroxylation is 1. The van der Waals surface area contributed by atoms with Crippen LogP contribution in [-0.4, -0.2) is 16.5 Å². The lowest BCUT2D eigenvalue weighted by Crippen LogP contribution is -2.35. The molecule has 8 heteroatoms. The number of hydrogen-bond donors (Lipinski definition) is 0. The smallest absolute Gasteiger partial charge is 0.448 e. The summed E-state index contributed by atoms with van der Waals surface area (Å²) in [5.74, 6) is 0. The second-order valence-corrected chi connectivity index (χ2v) is 3.99. The molecule has 84 valence electrons. The normalized spacial score (nSPS) is 11.9. The topological polar surface area (TPSA) is 34.9 Å². The van der Waals surface area contributed by atoms with Gasteiger partial charge in [0.25, 0.3) is 0 Å². The van der Waals surface area contributed by atoms with E-state index in [0.29, 0.717) is 14.7 Å². The zero-order valence-electron chi connectivity index (χ0n) is 8.10. The molecule has 0 radical (unpaired) electrons. The molecule has 1 rings (SSSR count). The number of aromatic nitrogens is 2. The molecular weight excluding hydrogens is 276 g/mol. The van der Waals surface area contributed by atoms with Gasteiger partial charge in [0.15, 0.2) is 0 Å². The quantitative estimate of drug-likeness (QED) is 0.778. The van der Waals surface area contributed by atoms with E-state index in [-0.39, 0.29) is 5.69 Å². The van der Waals surface area contributed by atoms with E-state index in [1.807, 2.05) is 0 Å². The van der Waals surface area contributed by atoms with Gasteiger partial charge >= 0.3 is 12.7 Å². The van der Waals surface area contributed by atoms with Crippen LogP contribution in [0.4, 0.5) is 12.9 Å². The molecule has 0 N–H and O–H groups in total. The first-order valence-corrected chi connectivity index (χ1v) is 4.96. The zero-order valence-corrected chi connectivity index (χ0v) is 9.68. The van der Waals surface area contributed by atoms with Gasteiger partial charge in [0.1, 0.15) is 0 Å². The Balaban J connectivity index is 3.31. The summed E-state index contributed by atoms with van der Waals surface area (Å²) in [7, 11) is 0. The van der Waals surface area contributed by atoms with Crippen LogP contribution in [0.5, 0.6) is 0 Å². The predicted octanol–water partition coefficient (Wildman–Crippen LogP) is 2.01. The fourth-order valence-electron chi connectivity index (χ4n) is 1.20. The van der Waals surface area contributed by atoms with Crippen molar-refractivity contribution in [3.05, 3.63) is 26.3 Å². The van der Waals surface area contributed by atoms with Gasteiger partial charge in [-0.2, -0.15) is 4.98 Å². The van der Waals surface area contributed by atoms with Crippen LogP contribution in [-0.2, 0) is 6.44 Å². The third-order valence-electron chi connectivity index (χ3n) is 1.92. The molecule has 3 nitrogen and oxygen atoms in total. The fourth-order valence-corrected chi connectivity index (χ4v) is 1.50. The average Bonchev–Trinajstić information content (AvgIpc) is 2.07. The molecule has 0 saturated carbocycles. The monoisotopic (exact) mass is 283 g/mol. The second kappa shape index (κ2) is 4.00. The second-order valence-electron chi connectivity index (χ2n) is 3.20. The highest BCUT2D eigenvalue weighted by Crippen LogP contribution is 2.19. The molecule has 1 aromatic heterocycles. The Kier molecular flexibility index (Phi) is 3.27. The highest BCUT2D eigenvalue weighted by atomic mass is 79.9. The molecule has 0 saturated heterocycles. The Morgan fingerprint density at radius 1 is 1.40 bits per heavy atom. The molecule has 0 aliphatic heterocycles. The SMILES string of the molecule is Cc1nc(=O)n(C[B-](F)(F)F)c(C)c1Br. The Bertz CT molecular complexity index is 443. The molecule has 1 heterocycles. The first-order chi connectivity index (χ1) is 6.72. The molecule has 0 bridgehead atoms. The van der Waals surface area contributed by atoms with Crippen molar-refractivity contribution in [1.29, 1.82) is 0 Å². The lowest BCUT2D eigenvalue weighted by molar-refractivity contribution is 0.438. The van der Waals surface area contributed by atoms with Gasteiger partial charge in [0.2, 0.25) is 0 Å². The van der Waals surface area contributed by atoms with E-state index in [2.05, 4.69) is 20.9 Å². The average molecular weight is 284 g/mol. The van der Waals surface area contributed by atoms with Gasteiger partial charge in [-0.05, 0) is 36.2 Å². The van der Waals surface area contributed by atoms with Gasteiger partial charge in [0, 0.05) is 5.69 Å². The van der Waals surface area contributed by atoms with Crippen molar-refractivity contribution in [2.45, 2.75) is 20.3 Å². The highest BCUT2D eigenvalue weighted by molar-refractivity contribution is 9.10. The van der Waals surface area contributed by atoms with Crippen molar-refractivity contribution in [3.63, 3.8) is 0 Å². The molecule has 0 spiro atoms. The Morgan fingerprint density at radius 2 is 1.93 bits per heavy atom. The van der Waals surface area contributed by atoms with Crippen LogP contribution < -0.4 is 5.69 Å². The van der Waals surface area contributed by atoms with Gasteiger partial charge in [-0.1, -0.05) is 0 Å². The van der Waals surface area contributed by atoms with E-state index < -0.39 is 19.1 Å². The van der Waals surface area contributed by atoms with E-state index in [1.54, 1.807) is 6.92 Å². The molecule has 0 aromatic carbocycles. The molecule has 0 amide bonds. The van der Waals surface area contributed by atoms with Crippen molar-refractivity contribution in [2.75, 3.05) is 0 Å². The standard InChI is InChI=1S/C7H8BBrF3N2O/c1-4-6(9)5(2)14(7(15)13-4)3-8(10,11)12/h3H2,1-2H3/q-1. The fraction of sp³-hybridized carbons (Fsp3) is 0.429. The predicted molar refractivity (Wildman–Crippen MR) is 54.7 cm³/mol. The van der Waals surface area contributed by atoms with Crippen LogP contribution in [0.2, 0.25) is 0 Å². The molecule has 0 aliphatic carbocycles. The lowest BCUT2D eigenvalue weighted by atomic mass is 9.92. The maximum absolute atomic E-state index is 12.2. The first kappa shape index (κ1) is 12.3. The Labute approximate surface area is 92.5 Å².